The van der Waals surface area contributed by atoms with Gasteiger partial charge in [0.15, 0.2) is 6.61 Å². The number of aryl methyl sites for hydroxylation is 1. The van der Waals surface area contributed by atoms with Crippen LogP contribution in [0.25, 0.3) is 11.8 Å². The average molecular weight is 406 g/mol. The minimum absolute atomic E-state index is 0.371. The van der Waals surface area contributed by atoms with E-state index < -0.39 is 18.5 Å². The van der Waals surface area contributed by atoms with Crippen LogP contribution in [0, 0.1) is 25.2 Å². The smallest absolute Gasteiger partial charge is 0.331 e. The van der Waals surface area contributed by atoms with E-state index in [1.54, 1.807) is 17.5 Å². The van der Waals surface area contributed by atoms with E-state index in [0.29, 0.717) is 10.6 Å². The van der Waals surface area contributed by atoms with Gasteiger partial charge < -0.3 is 10.1 Å². The lowest BCUT2D eigenvalue weighted by Gasteiger charge is -2.04. The fourth-order valence-corrected chi connectivity index (χ4v) is 3.46. The van der Waals surface area contributed by atoms with Gasteiger partial charge in [0.2, 0.25) is 0 Å². The average Bonchev–Trinajstić information content (AvgIpc) is 3.29. The molecule has 0 aliphatic carbocycles. The highest BCUT2D eigenvalue weighted by Crippen LogP contribution is 2.22. The molecule has 1 aromatic carbocycles. The quantitative estimate of drug-likeness (QED) is 0.498. The summed E-state index contributed by atoms with van der Waals surface area (Å²) in [7, 11) is 0. The van der Waals surface area contributed by atoms with Crippen molar-refractivity contribution < 1.29 is 14.3 Å². The van der Waals surface area contributed by atoms with Gasteiger partial charge in [-0.2, -0.15) is 10.4 Å². The predicted octanol–water partition coefficient (Wildman–Crippen LogP) is 3.62. The van der Waals surface area contributed by atoms with Crippen LogP contribution in [0.1, 0.15) is 22.5 Å². The number of ether oxygens (including phenoxy) is 1. The van der Waals surface area contributed by atoms with Gasteiger partial charge in [-0.1, -0.05) is 18.2 Å². The minimum atomic E-state index is -0.641. The van der Waals surface area contributed by atoms with Crippen LogP contribution in [0.5, 0.6) is 0 Å². The highest BCUT2D eigenvalue weighted by molar-refractivity contribution is 7.14. The molecular weight excluding hydrogens is 388 g/mol. The van der Waals surface area contributed by atoms with Crippen molar-refractivity contribution in [2.45, 2.75) is 13.8 Å². The number of hydrogen-bond acceptors (Lipinski definition) is 6. The minimum Gasteiger partial charge on any atom is -0.452 e. The highest BCUT2D eigenvalue weighted by atomic mass is 32.1. The lowest BCUT2D eigenvalue weighted by Crippen LogP contribution is -2.20. The molecule has 8 heteroatoms. The van der Waals surface area contributed by atoms with Crippen LogP contribution < -0.4 is 5.32 Å². The van der Waals surface area contributed by atoms with E-state index >= 15 is 0 Å². The summed E-state index contributed by atoms with van der Waals surface area (Å²) in [5.74, 6) is -1.15. The van der Waals surface area contributed by atoms with Gasteiger partial charge in [-0.05, 0) is 43.5 Å². The summed E-state index contributed by atoms with van der Waals surface area (Å²) in [5, 5.41) is 18.1. The molecule has 0 radical (unpaired) electrons. The van der Waals surface area contributed by atoms with E-state index in [4.69, 9.17) is 10.00 Å². The first kappa shape index (κ1) is 20.0. The molecule has 2 heterocycles. The molecule has 7 nitrogen and oxygen atoms in total. The lowest BCUT2D eigenvalue weighted by atomic mass is 10.2. The number of anilines is 1. The summed E-state index contributed by atoms with van der Waals surface area (Å²) in [5.41, 5.74) is 3.77. The number of hydrogen-bond donors (Lipinski definition) is 1. The van der Waals surface area contributed by atoms with E-state index in [9.17, 15) is 9.59 Å². The van der Waals surface area contributed by atoms with E-state index in [1.807, 2.05) is 54.9 Å². The van der Waals surface area contributed by atoms with Crippen molar-refractivity contribution in [2.75, 3.05) is 11.9 Å². The molecule has 0 spiro atoms. The summed E-state index contributed by atoms with van der Waals surface area (Å²) >= 11 is 1.23. The van der Waals surface area contributed by atoms with Gasteiger partial charge in [0.05, 0.1) is 16.9 Å². The number of amides is 1. The summed E-state index contributed by atoms with van der Waals surface area (Å²) in [6.45, 7) is 3.34. The van der Waals surface area contributed by atoms with Crippen LogP contribution in [0.2, 0.25) is 0 Å². The molecule has 0 saturated carbocycles. The second-order valence-electron chi connectivity index (χ2n) is 6.10. The fraction of sp³-hybridized carbons (Fsp3) is 0.143. The molecule has 0 aliphatic heterocycles. The number of thiophene rings is 1. The molecule has 2 aromatic heterocycles. The summed E-state index contributed by atoms with van der Waals surface area (Å²) in [6, 6.07) is 13.3. The fourth-order valence-electron chi connectivity index (χ4n) is 2.71. The van der Waals surface area contributed by atoms with Crippen LogP contribution in [0.3, 0.4) is 0 Å². The van der Waals surface area contributed by atoms with Crippen LogP contribution in [-0.2, 0) is 14.3 Å². The molecule has 0 aliphatic rings. The largest absolute Gasteiger partial charge is 0.452 e. The maximum atomic E-state index is 12.0. The Balaban J connectivity index is 1.60. The molecule has 3 rings (SSSR count). The third kappa shape index (κ3) is 4.78. The van der Waals surface area contributed by atoms with Gasteiger partial charge >= 0.3 is 5.97 Å². The Kier molecular flexibility index (Phi) is 6.22. The second-order valence-corrected chi connectivity index (χ2v) is 7.01. The van der Waals surface area contributed by atoms with E-state index in [0.717, 1.165) is 22.6 Å². The molecule has 0 bridgehead atoms. The number of aromatic nitrogens is 2. The lowest BCUT2D eigenvalue weighted by molar-refractivity contribution is -0.142. The van der Waals surface area contributed by atoms with E-state index in [1.165, 1.54) is 17.4 Å². The maximum absolute atomic E-state index is 12.0. The molecule has 146 valence electrons. The van der Waals surface area contributed by atoms with Crippen LogP contribution >= 0.6 is 11.3 Å². The van der Waals surface area contributed by atoms with Gasteiger partial charge in [-0.3, -0.25) is 4.79 Å². The third-order valence-corrected chi connectivity index (χ3v) is 4.95. The standard InChI is InChI=1S/C21H18N4O3S/c1-14-18(15(2)25(24-14)17-6-4-3-5-7-17)8-9-20(27)28-13-19(26)23-21-16(12-22)10-11-29-21/h3-11H,13H2,1-2H3,(H,23,26)/b9-8+. The Hall–Kier alpha value is -3.70. The van der Waals surface area contributed by atoms with Gasteiger partial charge in [0, 0.05) is 17.3 Å². The molecular formula is C21H18N4O3S. The number of para-hydroxylation sites is 1. The molecule has 0 fully saturated rings. The van der Waals surface area contributed by atoms with Crippen molar-refractivity contribution in [3.63, 3.8) is 0 Å². The molecule has 1 amide bonds. The van der Waals surface area contributed by atoms with Crippen LogP contribution in [-0.4, -0.2) is 28.3 Å². The molecule has 0 saturated heterocycles. The first-order chi connectivity index (χ1) is 14.0. The maximum Gasteiger partial charge on any atom is 0.331 e. The van der Waals surface area contributed by atoms with Crippen molar-refractivity contribution in [1.82, 2.24) is 9.78 Å². The molecule has 0 unspecified atom stereocenters. The van der Waals surface area contributed by atoms with Gasteiger partial charge in [0.25, 0.3) is 5.91 Å². The predicted molar refractivity (Wildman–Crippen MR) is 111 cm³/mol. The highest BCUT2D eigenvalue weighted by Gasteiger charge is 2.12. The monoisotopic (exact) mass is 406 g/mol. The van der Waals surface area contributed by atoms with Crippen molar-refractivity contribution in [3.05, 3.63) is 70.4 Å². The third-order valence-electron chi connectivity index (χ3n) is 4.12. The van der Waals surface area contributed by atoms with Gasteiger partial charge in [0.1, 0.15) is 11.1 Å². The summed E-state index contributed by atoms with van der Waals surface area (Å²) < 4.78 is 6.78. The molecule has 1 N–H and O–H groups in total. The van der Waals surface area contributed by atoms with Crippen molar-refractivity contribution >= 4 is 34.3 Å². The summed E-state index contributed by atoms with van der Waals surface area (Å²) in [6.07, 6.45) is 2.90. The number of benzene rings is 1. The van der Waals surface area contributed by atoms with Crippen LogP contribution in [0.15, 0.2) is 47.9 Å². The van der Waals surface area contributed by atoms with Gasteiger partial charge in [-0.25, -0.2) is 9.48 Å². The Morgan fingerprint density at radius 2 is 2.03 bits per heavy atom. The Labute approximate surface area is 171 Å². The summed E-state index contributed by atoms with van der Waals surface area (Å²) in [4.78, 5) is 23.9. The Morgan fingerprint density at radius 1 is 1.28 bits per heavy atom. The molecule has 3 aromatic rings. The zero-order chi connectivity index (χ0) is 20.8. The number of esters is 1. The van der Waals surface area contributed by atoms with E-state index in [-0.39, 0.29) is 0 Å². The van der Waals surface area contributed by atoms with Gasteiger partial charge in [-0.15, -0.1) is 11.3 Å². The van der Waals surface area contributed by atoms with Crippen molar-refractivity contribution in [2.24, 2.45) is 0 Å². The second kappa shape index (κ2) is 8.99. The first-order valence-corrected chi connectivity index (χ1v) is 9.61. The zero-order valence-electron chi connectivity index (χ0n) is 15.9. The number of carbonyl (C=O) groups is 2. The number of nitrogens with one attached hydrogen (secondary N) is 1. The number of nitrogens with zero attached hydrogens (tertiary/aromatic N) is 3. The molecule has 0 atom stereocenters. The Morgan fingerprint density at radius 3 is 2.76 bits per heavy atom. The molecule has 29 heavy (non-hydrogen) atoms. The van der Waals surface area contributed by atoms with E-state index in [2.05, 4.69) is 10.4 Å². The van der Waals surface area contributed by atoms with Crippen molar-refractivity contribution in [1.29, 1.82) is 5.26 Å². The first-order valence-electron chi connectivity index (χ1n) is 8.73. The number of rotatable bonds is 6. The SMILES string of the molecule is Cc1nn(-c2ccccc2)c(C)c1/C=C/C(=O)OCC(=O)Nc1sccc1C#N. The van der Waals surface area contributed by atoms with Crippen LogP contribution in [0.4, 0.5) is 5.00 Å². The zero-order valence-corrected chi connectivity index (χ0v) is 16.7. The van der Waals surface area contributed by atoms with Crippen molar-refractivity contribution in [3.8, 4) is 11.8 Å². The normalized spacial score (nSPS) is 10.7. The Bertz CT molecular complexity index is 1110. The number of nitriles is 1. The topological polar surface area (TPSA) is 97.0 Å². The number of carbonyl (C=O) groups excluding carboxylic acids is 2.